The normalized spacial score (nSPS) is 20.2. The van der Waals surface area contributed by atoms with Crippen LogP contribution in [0.5, 0.6) is 0 Å². The van der Waals surface area contributed by atoms with Crippen LogP contribution in [0, 0.1) is 0 Å². The number of benzene rings is 2. The number of nitrogens with one attached hydrogen (secondary N) is 2. The maximum atomic E-state index is 12.4. The number of hydrogen-bond acceptors (Lipinski definition) is 3. The fourth-order valence-corrected chi connectivity index (χ4v) is 4.73. The van der Waals surface area contributed by atoms with Gasteiger partial charge in [0.1, 0.15) is 0 Å². The molecule has 29 heavy (non-hydrogen) atoms. The number of amides is 2. The Morgan fingerprint density at radius 1 is 1.17 bits per heavy atom. The van der Waals surface area contributed by atoms with Crippen molar-refractivity contribution >= 4 is 34.9 Å². The Bertz CT molecular complexity index is 900. The van der Waals surface area contributed by atoms with Crippen LogP contribution in [0.15, 0.2) is 36.4 Å². The molecule has 0 saturated carbocycles. The summed E-state index contributed by atoms with van der Waals surface area (Å²) in [5.74, 6) is 0.139. The average Bonchev–Trinajstić information content (AvgIpc) is 2.69. The van der Waals surface area contributed by atoms with Gasteiger partial charge in [-0.2, -0.15) is 0 Å². The molecule has 0 radical (unpaired) electrons. The number of carbonyl (C=O) groups excluding carboxylic acids is 1. The Hall–Kier alpha value is -1.79. The molecule has 5 nitrogen and oxygen atoms in total. The second kappa shape index (κ2) is 8.92. The maximum Gasteiger partial charge on any atom is 0.319 e. The van der Waals surface area contributed by atoms with Crippen molar-refractivity contribution in [2.24, 2.45) is 0 Å². The van der Waals surface area contributed by atoms with E-state index in [1.165, 1.54) is 0 Å². The third kappa shape index (κ3) is 4.86. The van der Waals surface area contributed by atoms with Crippen LogP contribution in [0.4, 0.5) is 10.5 Å². The van der Waals surface area contributed by atoms with Crippen molar-refractivity contribution in [1.82, 2.24) is 10.2 Å². The zero-order chi connectivity index (χ0) is 20.4. The van der Waals surface area contributed by atoms with Crippen molar-refractivity contribution in [3.63, 3.8) is 0 Å². The van der Waals surface area contributed by atoms with Crippen LogP contribution in [-0.2, 0) is 11.3 Å². The topological polar surface area (TPSA) is 53.6 Å². The molecule has 7 heteroatoms. The van der Waals surface area contributed by atoms with Gasteiger partial charge >= 0.3 is 6.03 Å². The minimum atomic E-state index is -0.179. The van der Waals surface area contributed by atoms with E-state index in [2.05, 4.69) is 28.6 Å². The van der Waals surface area contributed by atoms with Crippen molar-refractivity contribution in [3.8, 4) is 0 Å². The van der Waals surface area contributed by atoms with Gasteiger partial charge in [0.15, 0.2) is 0 Å². The number of carbonyl (C=O) groups is 1. The first-order chi connectivity index (χ1) is 14.0. The monoisotopic (exact) mass is 433 g/mol. The standard InChI is InChI=1S/C22H25Cl2N3O2/c1-27-12-19(18-10-15(23)11-21(24)20(18)13-27)14-3-2-4-17(9-14)26-22(28)25-16-5-7-29-8-6-16/h2-4,9-11,16,19H,5-8,12-13H2,1H3,(H2,25,26,28). The summed E-state index contributed by atoms with van der Waals surface area (Å²) in [4.78, 5) is 14.7. The summed E-state index contributed by atoms with van der Waals surface area (Å²) in [6.07, 6.45) is 1.69. The second-order valence-corrected chi connectivity index (χ2v) is 8.66. The number of halogens is 2. The van der Waals surface area contributed by atoms with E-state index in [0.29, 0.717) is 23.3 Å². The third-order valence-corrected chi connectivity index (χ3v) is 6.15. The minimum Gasteiger partial charge on any atom is -0.381 e. The Morgan fingerprint density at radius 2 is 1.97 bits per heavy atom. The van der Waals surface area contributed by atoms with E-state index in [-0.39, 0.29) is 18.0 Å². The molecule has 2 aliphatic heterocycles. The van der Waals surface area contributed by atoms with Crippen LogP contribution in [0.2, 0.25) is 10.0 Å². The molecule has 1 fully saturated rings. The summed E-state index contributed by atoms with van der Waals surface area (Å²) >= 11 is 12.8. The fraction of sp³-hybridized carbons (Fsp3) is 0.409. The van der Waals surface area contributed by atoms with Gasteiger partial charge in [-0.15, -0.1) is 0 Å². The van der Waals surface area contributed by atoms with Crippen molar-refractivity contribution in [1.29, 1.82) is 0 Å². The average molecular weight is 434 g/mol. The lowest BCUT2D eigenvalue weighted by molar-refractivity contribution is 0.0806. The van der Waals surface area contributed by atoms with Crippen molar-refractivity contribution in [2.45, 2.75) is 31.3 Å². The number of hydrogen-bond donors (Lipinski definition) is 2. The highest BCUT2D eigenvalue weighted by Crippen LogP contribution is 2.38. The summed E-state index contributed by atoms with van der Waals surface area (Å²) in [6, 6.07) is 11.8. The van der Waals surface area contributed by atoms with Crippen LogP contribution in [-0.4, -0.2) is 43.8 Å². The summed E-state index contributed by atoms with van der Waals surface area (Å²) in [5, 5.41) is 7.35. The zero-order valence-corrected chi connectivity index (χ0v) is 17.9. The van der Waals surface area contributed by atoms with E-state index in [4.69, 9.17) is 27.9 Å². The van der Waals surface area contributed by atoms with Crippen LogP contribution in [0.25, 0.3) is 0 Å². The molecule has 0 aromatic heterocycles. The molecule has 1 saturated heterocycles. The van der Waals surface area contributed by atoms with E-state index in [0.717, 1.165) is 48.3 Å². The SMILES string of the molecule is CN1Cc2c(Cl)cc(Cl)cc2C(c2cccc(NC(=O)NC3CCOCC3)c2)C1. The van der Waals surface area contributed by atoms with Gasteiger partial charge in [0.2, 0.25) is 0 Å². The quantitative estimate of drug-likeness (QED) is 0.725. The number of likely N-dealkylation sites (N-methyl/N-ethyl adjacent to an activating group) is 1. The highest BCUT2D eigenvalue weighted by molar-refractivity contribution is 6.35. The van der Waals surface area contributed by atoms with Crippen molar-refractivity contribution in [2.75, 3.05) is 32.1 Å². The highest BCUT2D eigenvalue weighted by atomic mass is 35.5. The summed E-state index contributed by atoms with van der Waals surface area (Å²) < 4.78 is 5.34. The molecule has 0 aliphatic carbocycles. The molecule has 0 spiro atoms. The Balaban J connectivity index is 1.54. The predicted octanol–water partition coefficient (Wildman–Crippen LogP) is 4.87. The minimum absolute atomic E-state index is 0.139. The maximum absolute atomic E-state index is 12.4. The van der Waals surface area contributed by atoms with Gasteiger partial charge in [-0.25, -0.2) is 4.79 Å². The zero-order valence-electron chi connectivity index (χ0n) is 16.4. The number of rotatable bonds is 3. The molecule has 2 heterocycles. The molecule has 4 rings (SSSR count). The highest BCUT2D eigenvalue weighted by Gasteiger charge is 2.27. The lowest BCUT2D eigenvalue weighted by atomic mass is 9.84. The van der Waals surface area contributed by atoms with Gasteiger partial charge in [0.25, 0.3) is 0 Å². The lowest BCUT2D eigenvalue weighted by Gasteiger charge is -2.33. The Morgan fingerprint density at radius 3 is 2.76 bits per heavy atom. The van der Waals surface area contributed by atoms with Crippen molar-refractivity contribution in [3.05, 3.63) is 63.1 Å². The number of anilines is 1. The van der Waals surface area contributed by atoms with Gasteiger partial charge in [0, 0.05) is 54.0 Å². The molecular weight excluding hydrogens is 409 g/mol. The molecule has 0 bridgehead atoms. The van der Waals surface area contributed by atoms with E-state index in [1.54, 1.807) is 6.07 Å². The Kier molecular flexibility index (Phi) is 6.30. The summed E-state index contributed by atoms with van der Waals surface area (Å²) in [7, 11) is 2.09. The van der Waals surface area contributed by atoms with E-state index < -0.39 is 0 Å². The molecule has 154 valence electrons. The number of nitrogens with zero attached hydrogens (tertiary/aromatic N) is 1. The smallest absolute Gasteiger partial charge is 0.319 e. The van der Waals surface area contributed by atoms with Gasteiger partial charge in [-0.05, 0) is 60.8 Å². The molecule has 2 aromatic rings. The van der Waals surface area contributed by atoms with Gasteiger partial charge < -0.3 is 20.3 Å². The fourth-order valence-electron chi connectivity index (χ4n) is 4.16. The largest absolute Gasteiger partial charge is 0.381 e. The van der Waals surface area contributed by atoms with E-state index in [1.807, 2.05) is 24.3 Å². The van der Waals surface area contributed by atoms with Crippen LogP contribution in [0.3, 0.4) is 0 Å². The summed E-state index contributed by atoms with van der Waals surface area (Å²) in [5.41, 5.74) is 4.17. The first kappa shape index (κ1) is 20.5. The predicted molar refractivity (Wildman–Crippen MR) is 117 cm³/mol. The van der Waals surface area contributed by atoms with Gasteiger partial charge in [0.05, 0.1) is 0 Å². The number of urea groups is 1. The van der Waals surface area contributed by atoms with Gasteiger partial charge in [-0.3, -0.25) is 0 Å². The summed E-state index contributed by atoms with van der Waals surface area (Å²) in [6.45, 7) is 3.05. The van der Waals surface area contributed by atoms with Gasteiger partial charge in [-0.1, -0.05) is 35.3 Å². The van der Waals surface area contributed by atoms with Crippen LogP contribution in [0.1, 0.15) is 35.4 Å². The molecule has 2 N–H and O–H groups in total. The van der Waals surface area contributed by atoms with Crippen LogP contribution >= 0.6 is 23.2 Å². The third-order valence-electron chi connectivity index (χ3n) is 5.60. The number of fused-ring (bicyclic) bond motifs is 1. The Labute approximate surface area is 181 Å². The first-order valence-electron chi connectivity index (χ1n) is 9.91. The lowest BCUT2D eigenvalue weighted by Crippen LogP contribution is -2.41. The van der Waals surface area contributed by atoms with E-state index >= 15 is 0 Å². The van der Waals surface area contributed by atoms with E-state index in [9.17, 15) is 4.79 Å². The molecule has 1 atom stereocenters. The molecule has 2 amide bonds. The molecule has 2 aliphatic rings. The van der Waals surface area contributed by atoms with Crippen molar-refractivity contribution < 1.29 is 9.53 Å². The first-order valence-corrected chi connectivity index (χ1v) is 10.7. The number of ether oxygens (including phenoxy) is 1. The van der Waals surface area contributed by atoms with Crippen LogP contribution < -0.4 is 10.6 Å². The molecular formula is C22H25Cl2N3O2. The molecule has 2 aromatic carbocycles. The second-order valence-electron chi connectivity index (χ2n) is 7.82. The molecule has 1 unspecified atom stereocenters.